The van der Waals surface area contributed by atoms with Crippen molar-refractivity contribution in [2.75, 3.05) is 22.9 Å². The monoisotopic (exact) mass is 353 g/mol. The molecule has 0 aliphatic carbocycles. The van der Waals surface area contributed by atoms with Crippen LogP contribution < -0.4 is 15.1 Å². The van der Waals surface area contributed by atoms with Crippen molar-refractivity contribution in [3.63, 3.8) is 0 Å². The van der Waals surface area contributed by atoms with Gasteiger partial charge in [-0.05, 0) is 42.7 Å². The number of amides is 3. The Kier molecular flexibility index (Phi) is 4.32. The SMILES string of the molecule is O=C1CCCN1c1cccc(CNC(=O)N2CCc3c(F)cccc32)c1. The first-order valence-corrected chi connectivity index (χ1v) is 8.85. The molecule has 134 valence electrons. The van der Waals surface area contributed by atoms with Gasteiger partial charge in [0, 0.05) is 37.3 Å². The number of carbonyl (C=O) groups is 2. The number of halogens is 1. The fraction of sp³-hybridized carbons (Fsp3) is 0.300. The second-order valence-electron chi connectivity index (χ2n) is 6.62. The van der Waals surface area contributed by atoms with E-state index in [-0.39, 0.29) is 17.8 Å². The standard InChI is InChI=1S/C20H20FN3O2/c21-17-6-2-7-18-16(17)9-11-24(18)20(26)22-13-14-4-1-5-15(12-14)23-10-3-8-19(23)25/h1-2,4-7,12H,3,8-11,13H2,(H,22,26). The predicted molar refractivity (Wildman–Crippen MR) is 97.7 cm³/mol. The first-order valence-electron chi connectivity index (χ1n) is 8.85. The Bertz CT molecular complexity index is 868. The molecule has 1 fully saturated rings. The van der Waals surface area contributed by atoms with Crippen molar-refractivity contribution in [2.45, 2.75) is 25.8 Å². The molecule has 0 radical (unpaired) electrons. The van der Waals surface area contributed by atoms with Gasteiger partial charge in [-0.3, -0.25) is 9.69 Å². The van der Waals surface area contributed by atoms with Crippen LogP contribution in [-0.2, 0) is 17.8 Å². The number of nitrogens with one attached hydrogen (secondary N) is 1. The summed E-state index contributed by atoms with van der Waals surface area (Å²) in [5, 5.41) is 2.89. The molecule has 2 aliphatic heterocycles. The lowest BCUT2D eigenvalue weighted by atomic mass is 10.1. The third kappa shape index (κ3) is 3.03. The highest BCUT2D eigenvalue weighted by molar-refractivity contribution is 5.95. The number of fused-ring (bicyclic) bond motifs is 1. The minimum atomic E-state index is -0.263. The van der Waals surface area contributed by atoms with E-state index in [1.807, 2.05) is 24.3 Å². The Morgan fingerprint density at radius 3 is 2.77 bits per heavy atom. The Balaban J connectivity index is 1.43. The summed E-state index contributed by atoms with van der Waals surface area (Å²) in [4.78, 5) is 27.8. The third-order valence-electron chi connectivity index (χ3n) is 4.95. The molecule has 5 nitrogen and oxygen atoms in total. The van der Waals surface area contributed by atoms with Gasteiger partial charge in [-0.25, -0.2) is 9.18 Å². The molecule has 2 heterocycles. The summed E-state index contributed by atoms with van der Waals surface area (Å²) in [6.45, 7) is 1.57. The molecule has 4 rings (SSSR count). The molecule has 1 N–H and O–H groups in total. The highest BCUT2D eigenvalue weighted by atomic mass is 19.1. The van der Waals surface area contributed by atoms with Gasteiger partial charge < -0.3 is 10.2 Å². The number of anilines is 2. The minimum Gasteiger partial charge on any atom is -0.334 e. The van der Waals surface area contributed by atoms with Crippen LogP contribution in [0.3, 0.4) is 0 Å². The van der Waals surface area contributed by atoms with E-state index in [9.17, 15) is 14.0 Å². The zero-order valence-corrected chi connectivity index (χ0v) is 14.4. The van der Waals surface area contributed by atoms with E-state index < -0.39 is 0 Å². The van der Waals surface area contributed by atoms with Crippen LogP contribution >= 0.6 is 0 Å². The van der Waals surface area contributed by atoms with Crippen LogP contribution in [0.25, 0.3) is 0 Å². The largest absolute Gasteiger partial charge is 0.334 e. The molecule has 1 saturated heterocycles. The van der Waals surface area contributed by atoms with Gasteiger partial charge >= 0.3 is 6.03 Å². The quantitative estimate of drug-likeness (QED) is 0.921. The molecule has 2 aliphatic rings. The molecule has 0 unspecified atom stereocenters. The normalized spacial score (nSPS) is 16.1. The van der Waals surface area contributed by atoms with Crippen molar-refractivity contribution in [1.82, 2.24) is 5.32 Å². The van der Waals surface area contributed by atoms with Crippen LogP contribution in [0, 0.1) is 5.82 Å². The van der Waals surface area contributed by atoms with Crippen LogP contribution in [0.4, 0.5) is 20.6 Å². The van der Waals surface area contributed by atoms with Crippen molar-refractivity contribution >= 4 is 23.3 Å². The van der Waals surface area contributed by atoms with Crippen molar-refractivity contribution in [3.8, 4) is 0 Å². The van der Waals surface area contributed by atoms with E-state index in [0.29, 0.717) is 37.2 Å². The third-order valence-corrected chi connectivity index (χ3v) is 4.95. The van der Waals surface area contributed by atoms with Gasteiger partial charge in [0.2, 0.25) is 5.91 Å². The van der Waals surface area contributed by atoms with Crippen LogP contribution in [0.1, 0.15) is 24.0 Å². The van der Waals surface area contributed by atoms with Crippen molar-refractivity contribution in [1.29, 1.82) is 0 Å². The molecule has 2 aromatic rings. The summed E-state index contributed by atoms with van der Waals surface area (Å²) < 4.78 is 13.8. The van der Waals surface area contributed by atoms with Crippen LogP contribution in [-0.4, -0.2) is 25.0 Å². The molecule has 0 atom stereocenters. The second kappa shape index (κ2) is 6.78. The van der Waals surface area contributed by atoms with Crippen molar-refractivity contribution in [2.24, 2.45) is 0 Å². The van der Waals surface area contributed by atoms with Gasteiger partial charge in [-0.1, -0.05) is 18.2 Å². The maximum absolute atomic E-state index is 13.8. The molecule has 0 aromatic heterocycles. The van der Waals surface area contributed by atoms with E-state index in [1.165, 1.54) is 6.07 Å². The number of hydrogen-bond acceptors (Lipinski definition) is 2. The average Bonchev–Trinajstić information content (AvgIpc) is 3.27. The lowest BCUT2D eigenvalue weighted by molar-refractivity contribution is -0.117. The number of nitrogens with zero attached hydrogens (tertiary/aromatic N) is 2. The zero-order chi connectivity index (χ0) is 18.1. The predicted octanol–water partition coefficient (Wildman–Crippen LogP) is 3.22. The molecule has 2 aromatic carbocycles. The molecular formula is C20H20FN3O2. The fourth-order valence-corrected chi connectivity index (χ4v) is 3.63. The zero-order valence-electron chi connectivity index (χ0n) is 14.4. The fourth-order valence-electron chi connectivity index (χ4n) is 3.63. The first kappa shape index (κ1) is 16.6. The van der Waals surface area contributed by atoms with Crippen LogP contribution in [0.5, 0.6) is 0 Å². The molecule has 0 saturated carbocycles. The Labute approximate surface area is 151 Å². The summed E-state index contributed by atoms with van der Waals surface area (Å²) in [5.41, 5.74) is 3.03. The summed E-state index contributed by atoms with van der Waals surface area (Å²) in [6, 6.07) is 12.2. The molecule has 0 bridgehead atoms. The van der Waals surface area contributed by atoms with Gasteiger partial charge in [0.1, 0.15) is 5.82 Å². The number of rotatable bonds is 3. The summed E-state index contributed by atoms with van der Waals surface area (Å²) in [5.74, 6) is -0.123. The van der Waals surface area contributed by atoms with Crippen LogP contribution in [0.2, 0.25) is 0 Å². The molecular weight excluding hydrogens is 333 g/mol. The smallest absolute Gasteiger partial charge is 0.322 e. The highest BCUT2D eigenvalue weighted by Gasteiger charge is 2.26. The van der Waals surface area contributed by atoms with Gasteiger partial charge in [0.15, 0.2) is 0 Å². The summed E-state index contributed by atoms with van der Waals surface area (Å²) >= 11 is 0. The van der Waals surface area contributed by atoms with Gasteiger partial charge in [0.05, 0.1) is 5.69 Å². The van der Waals surface area contributed by atoms with E-state index >= 15 is 0 Å². The molecule has 6 heteroatoms. The number of urea groups is 1. The number of benzene rings is 2. The Morgan fingerprint density at radius 2 is 1.96 bits per heavy atom. The maximum Gasteiger partial charge on any atom is 0.322 e. The van der Waals surface area contributed by atoms with Crippen LogP contribution in [0.15, 0.2) is 42.5 Å². The Hall–Kier alpha value is -2.89. The second-order valence-corrected chi connectivity index (χ2v) is 6.62. The summed E-state index contributed by atoms with van der Waals surface area (Å²) in [6.07, 6.45) is 2.00. The van der Waals surface area contributed by atoms with Gasteiger partial charge in [-0.2, -0.15) is 0 Å². The van der Waals surface area contributed by atoms with E-state index in [2.05, 4.69) is 5.32 Å². The summed E-state index contributed by atoms with van der Waals surface area (Å²) in [7, 11) is 0. The topological polar surface area (TPSA) is 52.7 Å². The van der Waals surface area contributed by atoms with Crippen molar-refractivity contribution < 1.29 is 14.0 Å². The molecule has 0 spiro atoms. The van der Waals surface area contributed by atoms with Gasteiger partial charge in [-0.15, -0.1) is 0 Å². The van der Waals surface area contributed by atoms with E-state index in [0.717, 1.165) is 24.2 Å². The molecule has 26 heavy (non-hydrogen) atoms. The van der Waals surface area contributed by atoms with E-state index in [1.54, 1.807) is 21.9 Å². The van der Waals surface area contributed by atoms with Gasteiger partial charge in [0.25, 0.3) is 0 Å². The Morgan fingerprint density at radius 1 is 1.12 bits per heavy atom. The average molecular weight is 353 g/mol. The number of carbonyl (C=O) groups excluding carboxylic acids is 2. The lowest BCUT2D eigenvalue weighted by Crippen LogP contribution is -2.38. The molecule has 3 amide bonds. The lowest BCUT2D eigenvalue weighted by Gasteiger charge is -2.19. The maximum atomic E-state index is 13.8. The van der Waals surface area contributed by atoms with E-state index in [4.69, 9.17) is 0 Å². The minimum absolute atomic E-state index is 0.141. The van der Waals surface area contributed by atoms with Crippen molar-refractivity contribution in [3.05, 3.63) is 59.4 Å². The first-order chi connectivity index (χ1) is 12.6. The number of hydrogen-bond donors (Lipinski definition) is 1. The highest BCUT2D eigenvalue weighted by Crippen LogP contribution is 2.30.